The zero-order valence-electron chi connectivity index (χ0n) is 12.5. The first kappa shape index (κ1) is 15.5. The Morgan fingerprint density at radius 2 is 1.58 bits per heavy atom. The molecule has 120 valence electrons. The molecule has 2 aromatic carbocycles. The van der Waals surface area contributed by atoms with Crippen LogP contribution in [0.1, 0.15) is 5.56 Å². The lowest BCUT2D eigenvalue weighted by atomic mass is 10.1. The molecule has 1 heterocycles. The SMILES string of the molecule is O=[N+]([O-])c1ccc(N(Cc2ccc(F)cc2)c2cncnc2)cc1. The summed E-state index contributed by atoms with van der Waals surface area (Å²) in [5.41, 5.74) is 2.39. The van der Waals surface area contributed by atoms with Gasteiger partial charge in [-0.15, -0.1) is 0 Å². The maximum absolute atomic E-state index is 13.1. The Balaban J connectivity index is 1.95. The molecule has 0 saturated carbocycles. The molecule has 3 rings (SSSR count). The number of halogens is 1. The molecule has 0 aliphatic rings. The lowest BCUT2D eigenvalue weighted by Crippen LogP contribution is -2.16. The standard InChI is InChI=1S/C17H13FN4O2/c18-14-3-1-13(2-4-14)11-21(17-9-19-12-20-10-17)15-5-7-16(8-6-15)22(23)24/h1-10,12H,11H2. The summed E-state index contributed by atoms with van der Waals surface area (Å²) < 4.78 is 13.1. The molecule has 0 amide bonds. The van der Waals surface area contributed by atoms with Gasteiger partial charge in [0.05, 0.1) is 23.0 Å². The van der Waals surface area contributed by atoms with Gasteiger partial charge >= 0.3 is 0 Å². The molecule has 0 aliphatic carbocycles. The van der Waals surface area contributed by atoms with Gasteiger partial charge in [0.15, 0.2) is 0 Å². The summed E-state index contributed by atoms with van der Waals surface area (Å²) in [4.78, 5) is 20.3. The normalized spacial score (nSPS) is 10.4. The van der Waals surface area contributed by atoms with Crippen LogP contribution in [-0.2, 0) is 6.54 Å². The van der Waals surface area contributed by atoms with Crippen molar-refractivity contribution in [1.29, 1.82) is 0 Å². The fourth-order valence-electron chi connectivity index (χ4n) is 2.29. The Kier molecular flexibility index (Phi) is 4.42. The first-order valence-electron chi connectivity index (χ1n) is 7.15. The molecule has 6 nitrogen and oxygen atoms in total. The van der Waals surface area contributed by atoms with Gasteiger partial charge in [0.25, 0.3) is 5.69 Å². The summed E-state index contributed by atoms with van der Waals surface area (Å²) >= 11 is 0. The Morgan fingerprint density at radius 1 is 0.958 bits per heavy atom. The van der Waals surface area contributed by atoms with E-state index in [4.69, 9.17) is 0 Å². The average molecular weight is 324 g/mol. The molecule has 1 aromatic heterocycles. The second-order valence-electron chi connectivity index (χ2n) is 5.08. The molecule has 0 saturated heterocycles. The predicted molar refractivity (Wildman–Crippen MR) is 87.4 cm³/mol. The van der Waals surface area contributed by atoms with Gasteiger partial charge in [0.2, 0.25) is 0 Å². The van der Waals surface area contributed by atoms with Gasteiger partial charge in [-0.05, 0) is 29.8 Å². The Hall–Kier alpha value is -3.35. The Morgan fingerprint density at radius 3 is 2.17 bits per heavy atom. The molecule has 0 fully saturated rings. The highest BCUT2D eigenvalue weighted by atomic mass is 19.1. The van der Waals surface area contributed by atoms with Gasteiger partial charge in [-0.3, -0.25) is 10.1 Å². The van der Waals surface area contributed by atoms with E-state index in [2.05, 4.69) is 9.97 Å². The zero-order chi connectivity index (χ0) is 16.9. The molecule has 0 radical (unpaired) electrons. The van der Waals surface area contributed by atoms with E-state index in [1.807, 2.05) is 4.90 Å². The minimum Gasteiger partial charge on any atom is -0.334 e. The third kappa shape index (κ3) is 3.52. The van der Waals surface area contributed by atoms with E-state index in [9.17, 15) is 14.5 Å². The fourth-order valence-corrected chi connectivity index (χ4v) is 2.29. The van der Waals surface area contributed by atoms with Gasteiger partial charge in [-0.2, -0.15) is 0 Å². The van der Waals surface area contributed by atoms with Crippen molar-refractivity contribution in [2.24, 2.45) is 0 Å². The number of benzene rings is 2. The summed E-state index contributed by atoms with van der Waals surface area (Å²) in [6.07, 6.45) is 4.73. The van der Waals surface area contributed by atoms with Crippen LogP contribution in [0.5, 0.6) is 0 Å². The fraction of sp³-hybridized carbons (Fsp3) is 0.0588. The molecule has 0 spiro atoms. The molecule has 0 N–H and O–H groups in total. The highest BCUT2D eigenvalue weighted by molar-refractivity contribution is 5.63. The number of hydrogen-bond acceptors (Lipinski definition) is 5. The zero-order valence-corrected chi connectivity index (χ0v) is 12.5. The first-order chi connectivity index (χ1) is 11.6. The maximum Gasteiger partial charge on any atom is 0.269 e. The summed E-state index contributed by atoms with van der Waals surface area (Å²) in [5, 5.41) is 10.8. The van der Waals surface area contributed by atoms with E-state index < -0.39 is 4.92 Å². The van der Waals surface area contributed by atoms with Gasteiger partial charge < -0.3 is 4.90 Å². The largest absolute Gasteiger partial charge is 0.334 e. The topological polar surface area (TPSA) is 72.2 Å². The van der Waals surface area contributed by atoms with Crippen LogP contribution in [0.3, 0.4) is 0 Å². The predicted octanol–water partition coefficient (Wildman–Crippen LogP) is 3.86. The average Bonchev–Trinajstić information content (AvgIpc) is 2.62. The van der Waals surface area contributed by atoms with Crippen molar-refractivity contribution in [3.8, 4) is 0 Å². The summed E-state index contributed by atoms with van der Waals surface area (Å²) in [6.45, 7) is 0.450. The smallest absolute Gasteiger partial charge is 0.269 e. The van der Waals surface area contributed by atoms with Crippen LogP contribution >= 0.6 is 0 Å². The van der Waals surface area contributed by atoms with E-state index in [-0.39, 0.29) is 11.5 Å². The van der Waals surface area contributed by atoms with E-state index >= 15 is 0 Å². The molecule has 24 heavy (non-hydrogen) atoms. The third-order valence-corrected chi connectivity index (χ3v) is 3.48. The van der Waals surface area contributed by atoms with Crippen molar-refractivity contribution in [3.63, 3.8) is 0 Å². The Bertz CT molecular complexity index is 823. The van der Waals surface area contributed by atoms with Gasteiger partial charge in [-0.25, -0.2) is 14.4 Å². The number of nitro benzene ring substituents is 1. The van der Waals surface area contributed by atoms with Crippen LogP contribution in [0, 0.1) is 15.9 Å². The van der Waals surface area contributed by atoms with Crippen LogP contribution in [0.15, 0.2) is 67.3 Å². The van der Waals surface area contributed by atoms with Crippen molar-refractivity contribution in [3.05, 3.63) is 88.7 Å². The molecule has 0 atom stereocenters. The second-order valence-corrected chi connectivity index (χ2v) is 5.08. The van der Waals surface area contributed by atoms with Gasteiger partial charge in [-0.1, -0.05) is 12.1 Å². The molecule has 0 aliphatic heterocycles. The van der Waals surface area contributed by atoms with E-state index in [0.717, 1.165) is 16.9 Å². The lowest BCUT2D eigenvalue weighted by molar-refractivity contribution is -0.384. The van der Waals surface area contributed by atoms with Crippen LogP contribution in [0.4, 0.5) is 21.5 Å². The summed E-state index contributed by atoms with van der Waals surface area (Å²) in [6, 6.07) is 12.4. The van der Waals surface area contributed by atoms with Crippen LogP contribution in [0.2, 0.25) is 0 Å². The summed E-state index contributed by atoms with van der Waals surface area (Å²) in [7, 11) is 0. The van der Waals surface area contributed by atoms with Crippen molar-refractivity contribution in [2.45, 2.75) is 6.54 Å². The van der Waals surface area contributed by atoms with Crippen LogP contribution in [-0.4, -0.2) is 14.9 Å². The number of non-ortho nitro benzene ring substituents is 1. The lowest BCUT2D eigenvalue weighted by Gasteiger charge is -2.24. The minimum atomic E-state index is -0.445. The molecule has 0 bridgehead atoms. The quantitative estimate of drug-likeness (QED) is 0.526. The number of aromatic nitrogens is 2. The number of nitrogens with zero attached hydrogens (tertiary/aromatic N) is 4. The second kappa shape index (κ2) is 6.82. The molecular formula is C17H13FN4O2. The van der Waals surface area contributed by atoms with E-state index in [1.54, 1.807) is 36.7 Å². The number of nitro groups is 1. The minimum absolute atomic E-state index is 0.0183. The van der Waals surface area contributed by atoms with Crippen molar-refractivity contribution >= 4 is 17.1 Å². The Labute approximate surface area is 137 Å². The van der Waals surface area contributed by atoms with Crippen LogP contribution in [0.25, 0.3) is 0 Å². The summed E-state index contributed by atoms with van der Waals surface area (Å²) in [5.74, 6) is -0.302. The highest BCUT2D eigenvalue weighted by Crippen LogP contribution is 2.28. The van der Waals surface area contributed by atoms with Crippen molar-refractivity contribution < 1.29 is 9.31 Å². The van der Waals surface area contributed by atoms with Crippen LogP contribution < -0.4 is 4.90 Å². The van der Waals surface area contributed by atoms with Gasteiger partial charge in [0, 0.05) is 24.4 Å². The third-order valence-electron chi connectivity index (χ3n) is 3.48. The number of anilines is 2. The van der Waals surface area contributed by atoms with E-state index in [0.29, 0.717) is 6.54 Å². The number of hydrogen-bond donors (Lipinski definition) is 0. The van der Waals surface area contributed by atoms with Gasteiger partial charge in [0.1, 0.15) is 12.1 Å². The first-order valence-corrected chi connectivity index (χ1v) is 7.15. The monoisotopic (exact) mass is 324 g/mol. The highest BCUT2D eigenvalue weighted by Gasteiger charge is 2.13. The van der Waals surface area contributed by atoms with E-state index in [1.165, 1.54) is 30.6 Å². The molecule has 0 unspecified atom stereocenters. The molecular weight excluding hydrogens is 311 g/mol. The number of rotatable bonds is 5. The van der Waals surface area contributed by atoms with Crippen molar-refractivity contribution in [1.82, 2.24) is 9.97 Å². The van der Waals surface area contributed by atoms with Crippen molar-refractivity contribution in [2.75, 3.05) is 4.90 Å². The maximum atomic E-state index is 13.1. The molecule has 3 aromatic rings. The molecule has 7 heteroatoms.